The van der Waals surface area contributed by atoms with Gasteiger partial charge in [0.2, 0.25) is 12.1 Å². The lowest BCUT2D eigenvalue weighted by Crippen LogP contribution is -3.08. The van der Waals surface area contributed by atoms with E-state index in [9.17, 15) is 50.4 Å². The Balaban J connectivity index is 1.68. The van der Waals surface area contributed by atoms with E-state index in [1.54, 1.807) is 0 Å². The van der Waals surface area contributed by atoms with Gasteiger partial charge in [-0.1, -0.05) is 12.2 Å². The Morgan fingerprint density at radius 3 is 2.43 bits per heavy atom. The van der Waals surface area contributed by atoms with Crippen LogP contribution in [0.15, 0.2) is 60.1 Å². The topological polar surface area (TPSA) is 237 Å². The van der Waals surface area contributed by atoms with Gasteiger partial charge in [0.05, 0.1) is 19.1 Å². The molecule has 0 bridgehead atoms. The van der Waals surface area contributed by atoms with Crippen LogP contribution in [0.2, 0.25) is 0 Å². The van der Waals surface area contributed by atoms with Crippen LogP contribution in [0, 0.1) is 5.92 Å². The molecule has 44 heavy (non-hydrogen) atoms. The van der Waals surface area contributed by atoms with Crippen molar-refractivity contribution in [3.8, 4) is 0 Å². The Morgan fingerprint density at radius 2 is 1.82 bits per heavy atom. The highest BCUT2D eigenvalue weighted by molar-refractivity contribution is 5.92. The molecule has 1 aliphatic carbocycles. The Kier molecular flexibility index (Phi) is 10.8. The number of rotatable bonds is 11. The summed E-state index contributed by atoms with van der Waals surface area (Å²) in [4.78, 5) is 25.7. The first kappa shape index (κ1) is 33.9. The van der Waals surface area contributed by atoms with Gasteiger partial charge in [-0.25, -0.2) is 9.59 Å². The molecule has 0 amide bonds. The molecule has 3 aliphatic heterocycles. The van der Waals surface area contributed by atoms with E-state index in [0.717, 1.165) is 19.1 Å². The summed E-state index contributed by atoms with van der Waals surface area (Å²) >= 11 is 0. The van der Waals surface area contributed by atoms with E-state index in [0.29, 0.717) is 23.3 Å². The Hall–Kier alpha value is -2.96. The maximum Gasteiger partial charge on any atom is 0.341 e. The molecule has 8 atom stereocenters. The largest absolute Gasteiger partial charge is 0.477 e. The molecular weight excluding hydrogens is 586 g/mol. The lowest BCUT2D eigenvalue weighted by atomic mass is 9.78. The van der Waals surface area contributed by atoms with Gasteiger partial charge in [0.15, 0.2) is 12.4 Å². The van der Waals surface area contributed by atoms with Crippen LogP contribution < -0.4 is 4.90 Å². The van der Waals surface area contributed by atoms with Crippen molar-refractivity contribution in [2.24, 2.45) is 5.92 Å². The van der Waals surface area contributed by atoms with E-state index in [1.165, 1.54) is 30.5 Å². The summed E-state index contributed by atoms with van der Waals surface area (Å²) in [6.07, 6.45) is 0.834. The van der Waals surface area contributed by atoms with Crippen molar-refractivity contribution < 1.29 is 74.3 Å². The van der Waals surface area contributed by atoms with Crippen LogP contribution in [-0.4, -0.2) is 127 Å². The molecule has 4 rings (SSSR count). The fourth-order valence-electron chi connectivity index (χ4n) is 5.69. The average molecular weight is 627 g/mol. The monoisotopic (exact) mass is 626 g/mol. The standard InChI is InChI=1S/C29H39NO14/c1-2-19-26(44-27-23(34)29(39,40)22(33)21(14-32)43-27)41-15-20(25(37)42-18-5-3-4-6-18)28(19,38)8-7-16-11-17(24(35)36)13-30(12-16)9-10-31/h2,7-8,11,13,15,18-19,21-23,26-27,31-34,38-40H,1,3-6,9-10,12,14H2,(H,35,36)/p+1. The number of quaternary nitrogens is 1. The first-order chi connectivity index (χ1) is 20.8. The number of hydrogen-bond acceptors (Lipinski definition) is 13. The van der Waals surface area contributed by atoms with Crippen LogP contribution in [0.4, 0.5) is 0 Å². The minimum absolute atomic E-state index is 0.0447. The summed E-state index contributed by atoms with van der Waals surface area (Å²) in [5.41, 5.74) is -2.19. The number of aliphatic hydroxyl groups excluding tert-OH is 4. The third-order valence-electron chi connectivity index (χ3n) is 8.20. The van der Waals surface area contributed by atoms with E-state index >= 15 is 0 Å². The van der Waals surface area contributed by atoms with Crippen molar-refractivity contribution in [3.63, 3.8) is 0 Å². The van der Waals surface area contributed by atoms with Gasteiger partial charge in [-0.15, -0.1) is 6.58 Å². The summed E-state index contributed by atoms with van der Waals surface area (Å²) < 4.78 is 22.3. The van der Waals surface area contributed by atoms with Gasteiger partial charge in [-0.05, 0) is 37.8 Å². The number of carbonyl (C=O) groups is 2. The molecule has 1 saturated carbocycles. The zero-order valence-corrected chi connectivity index (χ0v) is 23.9. The van der Waals surface area contributed by atoms with Gasteiger partial charge in [-0.3, -0.25) is 0 Å². The highest BCUT2D eigenvalue weighted by Crippen LogP contribution is 2.40. The van der Waals surface area contributed by atoms with E-state index in [4.69, 9.17) is 18.9 Å². The van der Waals surface area contributed by atoms with Crippen LogP contribution >= 0.6 is 0 Å². The van der Waals surface area contributed by atoms with Gasteiger partial charge in [0.25, 0.3) is 0 Å². The normalized spacial score (nSPS) is 35.8. The lowest BCUT2D eigenvalue weighted by Gasteiger charge is -2.47. The van der Waals surface area contributed by atoms with Crippen LogP contribution in [0.3, 0.4) is 0 Å². The van der Waals surface area contributed by atoms with Crippen molar-refractivity contribution in [2.45, 2.75) is 74.1 Å². The second-order valence-corrected chi connectivity index (χ2v) is 11.2. The number of aliphatic carboxylic acids is 1. The fraction of sp³-hybridized carbons (Fsp3) is 0.586. The van der Waals surface area contributed by atoms with Crippen molar-refractivity contribution in [1.82, 2.24) is 0 Å². The molecule has 244 valence electrons. The molecular formula is C29H40NO14+. The first-order valence-electron chi connectivity index (χ1n) is 14.3. The number of carboxylic acid groups (broad SMARTS) is 1. The predicted octanol–water partition coefficient (Wildman–Crippen LogP) is -3.28. The molecule has 15 heteroatoms. The molecule has 1 saturated heterocycles. The number of carbonyl (C=O) groups excluding carboxylic acids is 1. The Labute approximate surface area is 252 Å². The maximum atomic E-state index is 13.4. The van der Waals surface area contributed by atoms with E-state index in [2.05, 4.69) is 6.58 Å². The summed E-state index contributed by atoms with van der Waals surface area (Å²) in [6, 6.07) is 0. The van der Waals surface area contributed by atoms with Crippen molar-refractivity contribution in [3.05, 3.63) is 60.1 Å². The van der Waals surface area contributed by atoms with Gasteiger partial charge in [0.1, 0.15) is 60.6 Å². The minimum Gasteiger partial charge on any atom is -0.477 e. The number of hydrogen-bond donors (Lipinski definition) is 9. The summed E-state index contributed by atoms with van der Waals surface area (Å²) in [6.45, 7) is 3.11. The number of carboxylic acids is 1. The number of nitrogens with one attached hydrogen (secondary N) is 1. The third-order valence-corrected chi connectivity index (χ3v) is 8.20. The number of esters is 1. The molecule has 4 aliphatic rings. The number of ether oxygens (including phenoxy) is 4. The van der Waals surface area contributed by atoms with Gasteiger partial charge in [0, 0.05) is 5.57 Å². The van der Waals surface area contributed by atoms with Gasteiger partial charge >= 0.3 is 11.9 Å². The highest BCUT2D eigenvalue weighted by atomic mass is 16.8. The molecule has 2 fully saturated rings. The van der Waals surface area contributed by atoms with Crippen LogP contribution in [0.25, 0.3) is 0 Å². The quantitative estimate of drug-likeness (QED) is 0.0622. The van der Waals surface area contributed by atoms with E-state index in [1.807, 2.05) is 0 Å². The van der Waals surface area contributed by atoms with E-state index < -0.39 is 66.7 Å². The summed E-state index contributed by atoms with van der Waals surface area (Å²) in [7, 11) is 0. The molecule has 3 heterocycles. The maximum absolute atomic E-state index is 13.4. The highest BCUT2D eigenvalue weighted by Gasteiger charge is 2.57. The van der Waals surface area contributed by atoms with Crippen LogP contribution in [0.1, 0.15) is 25.7 Å². The molecule has 0 radical (unpaired) electrons. The average Bonchev–Trinajstić information content (AvgIpc) is 3.50. The minimum atomic E-state index is -3.15. The van der Waals surface area contributed by atoms with Crippen LogP contribution in [-0.2, 0) is 28.5 Å². The third kappa shape index (κ3) is 6.97. The van der Waals surface area contributed by atoms with Crippen molar-refractivity contribution in [1.29, 1.82) is 0 Å². The summed E-state index contributed by atoms with van der Waals surface area (Å²) in [5, 5.41) is 81.7. The van der Waals surface area contributed by atoms with Crippen LogP contribution in [0.5, 0.6) is 0 Å². The van der Waals surface area contributed by atoms with Gasteiger partial charge in [-0.2, -0.15) is 0 Å². The molecule has 0 aromatic rings. The SMILES string of the molecule is C=CC1C(OC2OC(CO)C(O)C(O)(O)C2O)OC=C(C(=O)OC2CCCC2)C1(O)C=CC1=CC(C(=O)O)=C[NH+](CCO)C1. The molecule has 15 nitrogen and oxygen atoms in total. The lowest BCUT2D eigenvalue weighted by molar-refractivity contribution is -0.842. The zero-order chi connectivity index (χ0) is 32.2. The first-order valence-corrected chi connectivity index (χ1v) is 14.3. The molecule has 0 aromatic carbocycles. The Bertz CT molecular complexity index is 1200. The molecule has 9 N–H and O–H groups in total. The van der Waals surface area contributed by atoms with Crippen molar-refractivity contribution >= 4 is 11.9 Å². The molecule has 0 spiro atoms. The van der Waals surface area contributed by atoms with Gasteiger partial charge < -0.3 is 64.7 Å². The zero-order valence-electron chi connectivity index (χ0n) is 23.9. The Morgan fingerprint density at radius 1 is 1.11 bits per heavy atom. The second-order valence-electron chi connectivity index (χ2n) is 11.2. The predicted molar refractivity (Wildman–Crippen MR) is 147 cm³/mol. The number of aliphatic hydroxyl groups is 7. The smallest absolute Gasteiger partial charge is 0.341 e. The molecule has 0 aromatic heterocycles. The summed E-state index contributed by atoms with van der Waals surface area (Å²) in [5.74, 6) is -6.57. The molecule has 8 unspecified atom stereocenters. The van der Waals surface area contributed by atoms with Crippen molar-refractivity contribution in [2.75, 3.05) is 26.3 Å². The fourth-order valence-corrected chi connectivity index (χ4v) is 5.69. The van der Waals surface area contributed by atoms with E-state index in [-0.39, 0.29) is 36.9 Å². The second kappa shape index (κ2) is 14.0.